The summed E-state index contributed by atoms with van der Waals surface area (Å²) >= 11 is 0. The lowest BCUT2D eigenvalue weighted by Crippen LogP contribution is -2.19. The molecule has 0 aliphatic heterocycles. The Kier molecular flexibility index (Phi) is 6.40. The van der Waals surface area contributed by atoms with E-state index in [-0.39, 0.29) is 28.2 Å². The average Bonchev–Trinajstić information content (AvgIpc) is 3.15. The lowest BCUT2D eigenvalue weighted by molar-refractivity contribution is -0.384. The fourth-order valence-electron chi connectivity index (χ4n) is 4.23. The molecule has 9 nitrogen and oxygen atoms in total. The molecule has 1 heterocycles. The van der Waals surface area contributed by atoms with E-state index in [1.807, 2.05) is 54.6 Å². The quantitative estimate of drug-likeness (QED) is 0.0991. The van der Waals surface area contributed by atoms with E-state index in [4.69, 9.17) is 4.74 Å². The molecule has 0 aliphatic carbocycles. The van der Waals surface area contributed by atoms with Gasteiger partial charge < -0.3 is 4.74 Å². The summed E-state index contributed by atoms with van der Waals surface area (Å²) in [5.41, 5.74) is 1.65. The standard InChI is InChI=1S/C29H22N4O5/c1-19-27(28(34)32(31(19)2)22-11-4-3-5-12-22)30-18-25-24-14-7-6-9-20(24)15-16-26(25)38-29(35)21-10-8-13-23(17-21)33(36)37/h3-18H,1-2H3. The molecule has 0 aliphatic rings. The first-order chi connectivity index (χ1) is 18.3. The van der Waals surface area contributed by atoms with Crippen molar-refractivity contribution in [2.24, 2.45) is 12.0 Å². The highest BCUT2D eigenvalue weighted by molar-refractivity contribution is 6.04. The normalized spacial score (nSPS) is 11.2. The van der Waals surface area contributed by atoms with Gasteiger partial charge in [0.1, 0.15) is 5.75 Å². The molecule has 0 saturated heterocycles. The summed E-state index contributed by atoms with van der Waals surface area (Å²) in [6.45, 7) is 1.81. The molecule has 0 radical (unpaired) electrons. The number of rotatable bonds is 6. The molecular formula is C29H22N4O5. The summed E-state index contributed by atoms with van der Waals surface area (Å²) < 4.78 is 8.95. The Morgan fingerprint density at radius 1 is 0.974 bits per heavy atom. The third-order valence-corrected chi connectivity index (χ3v) is 6.27. The van der Waals surface area contributed by atoms with Crippen molar-refractivity contribution in [2.45, 2.75) is 6.92 Å². The molecule has 0 N–H and O–H groups in total. The molecular weight excluding hydrogens is 484 g/mol. The van der Waals surface area contributed by atoms with E-state index < -0.39 is 10.9 Å². The van der Waals surface area contributed by atoms with Gasteiger partial charge in [-0.15, -0.1) is 0 Å². The monoisotopic (exact) mass is 506 g/mol. The molecule has 5 rings (SSSR count). The highest BCUT2D eigenvalue weighted by Crippen LogP contribution is 2.29. The molecule has 0 unspecified atom stereocenters. The maximum Gasteiger partial charge on any atom is 0.343 e. The number of fused-ring (bicyclic) bond motifs is 1. The fourth-order valence-corrected chi connectivity index (χ4v) is 4.23. The minimum Gasteiger partial charge on any atom is -0.422 e. The number of non-ortho nitro benzene ring substituents is 1. The molecule has 9 heteroatoms. The predicted molar refractivity (Wildman–Crippen MR) is 145 cm³/mol. The van der Waals surface area contributed by atoms with Crippen LogP contribution in [-0.4, -0.2) is 26.5 Å². The zero-order valence-electron chi connectivity index (χ0n) is 20.6. The third-order valence-electron chi connectivity index (χ3n) is 6.27. The minimum atomic E-state index is -0.749. The van der Waals surface area contributed by atoms with Crippen molar-refractivity contribution in [3.05, 3.63) is 128 Å². The molecule has 0 amide bonds. The fraction of sp³-hybridized carbons (Fsp3) is 0.0690. The van der Waals surface area contributed by atoms with Crippen LogP contribution in [0.4, 0.5) is 11.4 Å². The van der Waals surface area contributed by atoms with Crippen LogP contribution in [0.3, 0.4) is 0 Å². The summed E-state index contributed by atoms with van der Waals surface area (Å²) in [4.78, 5) is 41.3. The molecule has 0 fully saturated rings. The van der Waals surface area contributed by atoms with E-state index in [1.54, 1.807) is 30.8 Å². The number of carbonyl (C=O) groups excluding carboxylic acids is 1. The summed E-state index contributed by atoms with van der Waals surface area (Å²) in [6.07, 6.45) is 1.51. The Morgan fingerprint density at radius 3 is 2.47 bits per heavy atom. The number of hydrogen-bond donors (Lipinski definition) is 0. The van der Waals surface area contributed by atoms with Crippen LogP contribution in [0.1, 0.15) is 21.6 Å². The molecule has 38 heavy (non-hydrogen) atoms. The van der Waals surface area contributed by atoms with E-state index >= 15 is 0 Å². The second-order valence-electron chi connectivity index (χ2n) is 8.56. The van der Waals surface area contributed by atoms with Gasteiger partial charge in [0, 0.05) is 31.0 Å². The number of esters is 1. The molecule has 0 atom stereocenters. The van der Waals surface area contributed by atoms with E-state index in [2.05, 4.69) is 4.99 Å². The number of aromatic nitrogens is 2. The number of hydrogen-bond acceptors (Lipinski definition) is 6. The first-order valence-electron chi connectivity index (χ1n) is 11.7. The molecule has 188 valence electrons. The summed E-state index contributed by atoms with van der Waals surface area (Å²) in [5.74, 6) is -0.540. The van der Waals surface area contributed by atoms with Gasteiger partial charge in [-0.2, -0.15) is 0 Å². The SMILES string of the molecule is Cc1c(N=Cc2c(OC(=O)c3cccc([N+](=O)[O-])c3)ccc3ccccc23)c(=O)n(-c2ccccc2)n1C. The van der Waals surface area contributed by atoms with E-state index in [0.717, 1.165) is 16.8 Å². The van der Waals surface area contributed by atoms with Gasteiger partial charge in [-0.05, 0) is 42.0 Å². The topological polar surface area (TPSA) is 109 Å². The number of nitrogens with zero attached hydrogens (tertiary/aromatic N) is 4. The Morgan fingerprint density at radius 2 is 1.71 bits per heavy atom. The van der Waals surface area contributed by atoms with Crippen LogP contribution in [0.2, 0.25) is 0 Å². The molecule has 4 aromatic carbocycles. The average molecular weight is 507 g/mol. The van der Waals surface area contributed by atoms with Crippen LogP contribution in [0.5, 0.6) is 5.75 Å². The highest BCUT2D eigenvalue weighted by Gasteiger charge is 2.18. The largest absolute Gasteiger partial charge is 0.422 e. The van der Waals surface area contributed by atoms with Gasteiger partial charge in [-0.3, -0.25) is 19.6 Å². The number of benzene rings is 4. The van der Waals surface area contributed by atoms with Gasteiger partial charge in [0.25, 0.3) is 11.2 Å². The first-order valence-corrected chi connectivity index (χ1v) is 11.7. The van der Waals surface area contributed by atoms with Crippen LogP contribution < -0.4 is 10.3 Å². The Hall–Kier alpha value is -5.31. The van der Waals surface area contributed by atoms with Crippen LogP contribution in [-0.2, 0) is 7.05 Å². The number of para-hydroxylation sites is 1. The first kappa shape index (κ1) is 24.4. The Bertz CT molecular complexity index is 1780. The van der Waals surface area contributed by atoms with Crippen molar-refractivity contribution in [2.75, 3.05) is 0 Å². The van der Waals surface area contributed by atoms with Gasteiger partial charge in [0.15, 0.2) is 5.69 Å². The summed E-state index contributed by atoms with van der Waals surface area (Å²) in [7, 11) is 1.78. The van der Waals surface area contributed by atoms with Crippen LogP contribution in [0.15, 0.2) is 101 Å². The number of nitro benzene ring substituents is 1. The third kappa shape index (κ3) is 4.48. The van der Waals surface area contributed by atoms with Crippen LogP contribution in [0, 0.1) is 17.0 Å². The second kappa shape index (κ2) is 9.98. The molecule has 1 aromatic heterocycles. The lowest BCUT2D eigenvalue weighted by Gasteiger charge is -2.10. The van der Waals surface area contributed by atoms with Crippen molar-refractivity contribution >= 4 is 34.3 Å². The molecule has 0 bridgehead atoms. The number of aliphatic imine (C=N–C) groups is 1. The van der Waals surface area contributed by atoms with E-state index in [0.29, 0.717) is 16.9 Å². The second-order valence-corrected chi connectivity index (χ2v) is 8.56. The smallest absolute Gasteiger partial charge is 0.343 e. The summed E-state index contributed by atoms with van der Waals surface area (Å²) in [5, 5.41) is 12.8. The van der Waals surface area contributed by atoms with Gasteiger partial charge in [0.2, 0.25) is 0 Å². The van der Waals surface area contributed by atoms with Crippen LogP contribution in [0.25, 0.3) is 16.5 Å². The highest BCUT2D eigenvalue weighted by atomic mass is 16.6. The summed E-state index contributed by atoms with van der Waals surface area (Å²) in [6, 6.07) is 25.5. The van der Waals surface area contributed by atoms with Gasteiger partial charge >= 0.3 is 5.97 Å². The van der Waals surface area contributed by atoms with Crippen molar-refractivity contribution in [3.63, 3.8) is 0 Å². The maximum absolute atomic E-state index is 13.3. The predicted octanol–water partition coefficient (Wildman–Crippen LogP) is 5.52. The van der Waals surface area contributed by atoms with E-state index in [1.165, 1.54) is 29.1 Å². The number of carbonyl (C=O) groups is 1. The molecule has 5 aromatic rings. The molecule has 0 saturated carbocycles. The van der Waals surface area contributed by atoms with Gasteiger partial charge in [-0.1, -0.05) is 54.6 Å². The molecule has 0 spiro atoms. The van der Waals surface area contributed by atoms with Crippen LogP contribution >= 0.6 is 0 Å². The minimum absolute atomic E-state index is 0.0416. The van der Waals surface area contributed by atoms with Gasteiger partial charge in [0.05, 0.1) is 21.9 Å². The van der Waals surface area contributed by atoms with Crippen molar-refractivity contribution < 1.29 is 14.5 Å². The zero-order chi connectivity index (χ0) is 26.8. The Balaban J connectivity index is 1.58. The number of ether oxygens (including phenoxy) is 1. The number of nitro groups is 1. The Labute approximate surface area is 217 Å². The van der Waals surface area contributed by atoms with E-state index in [9.17, 15) is 19.7 Å². The lowest BCUT2D eigenvalue weighted by atomic mass is 10.0. The van der Waals surface area contributed by atoms with Crippen molar-refractivity contribution in [1.82, 2.24) is 9.36 Å². The zero-order valence-corrected chi connectivity index (χ0v) is 20.6. The van der Waals surface area contributed by atoms with Gasteiger partial charge in [-0.25, -0.2) is 14.5 Å². The van der Waals surface area contributed by atoms with Crippen molar-refractivity contribution in [3.8, 4) is 11.4 Å². The van der Waals surface area contributed by atoms with Crippen molar-refractivity contribution in [1.29, 1.82) is 0 Å². The maximum atomic E-state index is 13.3.